The Balaban J connectivity index is 3.28. The van der Waals surface area contributed by atoms with E-state index in [-0.39, 0.29) is 11.5 Å². The Kier molecular flexibility index (Phi) is 3.64. The monoisotopic (exact) mass is 236 g/mol. The van der Waals surface area contributed by atoms with Crippen LogP contribution in [0.3, 0.4) is 0 Å². The molecule has 90 valence electrons. The molecule has 16 heavy (non-hydrogen) atoms. The van der Waals surface area contributed by atoms with E-state index in [9.17, 15) is 18.3 Å². The second kappa shape index (κ2) is 4.61. The first-order valence-electron chi connectivity index (χ1n) is 4.37. The van der Waals surface area contributed by atoms with Gasteiger partial charge in [0.25, 0.3) is 0 Å². The molecule has 1 atom stereocenters. The molecule has 0 aliphatic heterocycles. The van der Waals surface area contributed by atoms with Crippen molar-refractivity contribution < 1.29 is 27.8 Å². The first-order valence-corrected chi connectivity index (χ1v) is 4.37. The molecule has 1 rings (SSSR count). The Morgan fingerprint density at radius 1 is 1.12 bits per heavy atom. The van der Waals surface area contributed by atoms with Gasteiger partial charge in [-0.15, -0.1) is 0 Å². The quantitative estimate of drug-likeness (QED) is 0.875. The number of ether oxygens (including phenoxy) is 2. The SMILES string of the molecule is COc1cccc(OC)c1[C@@H](O)C(F)(F)F. The average Bonchev–Trinajstić information content (AvgIpc) is 2.25. The van der Waals surface area contributed by atoms with Crippen molar-refractivity contribution in [2.24, 2.45) is 0 Å². The summed E-state index contributed by atoms with van der Waals surface area (Å²) in [5.41, 5.74) is -0.417. The number of hydrogen-bond donors (Lipinski definition) is 1. The van der Waals surface area contributed by atoms with Gasteiger partial charge in [0.15, 0.2) is 6.10 Å². The van der Waals surface area contributed by atoms with Gasteiger partial charge in [0.05, 0.1) is 19.8 Å². The van der Waals surface area contributed by atoms with Crippen LogP contribution >= 0.6 is 0 Å². The summed E-state index contributed by atoms with van der Waals surface area (Å²) < 4.78 is 46.7. The normalized spacial score (nSPS) is 13.4. The van der Waals surface area contributed by atoms with Gasteiger partial charge >= 0.3 is 6.18 Å². The lowest BCUT2D eigenvalue weighted by Crippen LogP contribution is -2.21. The zero-order valence-electron chi connectivity index (χ0n) is 8.71. The first-order chi connectivity index (χ1) is 7.41. The fourth-order valence-corrected chi connectivity index (χ4v) is 1.31. The topological polar surface area (TPSA) is 38.7 Å². The molecule has 0 amide bonds. The Morgan fingerprint density at radius 3 is 1.88 bits per heavy atom. The van der Waals surface area contributed by atoms with E-state index in [1.54, 1.807) is 0 Å². The van der Waals surface area contributed by atoms with E-state index < -0.39 is 17.8 Å². The van der Waals surface area contributed by atoms with Crippen molar-refractivity contribution >= 4 is 0 Å². The van der Waals surface area contributed by atoms with Crippen molar-refractivity contribution in [2.75, 3.05) is 14.2 Å². The lowest BCUT2D eigenvalue weighted by atomic mass is 10.1. The third-order valence-electron chi connectivity index (χ3n) is 2.05. The van der Waals surface area contributed by atoms with Gasteiger partial charge in [-0.05, 0) is 12.1 Å². The van der Waals surface area contributed by atoms with Gasteiger partial charge in [0, 0.05) is 0 Å². The van der Waals surface area contributed by atoms with Crippen LogP contribution in [0.4, 0.5) is 13.2 Å². The van der Waals surface area contributed by atoms with Gasteiger partial charge in [-0.1, -0.05) is 6.07 Å². The molecular weight excluding hydrogens is 225 g/mol. The van der Waals surface area contributed by atoms with Gasteiger partial charge in [-0.3, -0.25) is 0 Å². The van der Waals surface area contributed by atoms with Crippen LogP contribution in [-0.4, -0.2) is 25.5 Å². The summed E-state index contributed by atoms with van der Waals surface area (Å²) in [4.78, 5) is 0. The second-order valence-corrected chi connectivity index (χ2v) is 3.02. The smallest absolute Gasteiger partial charge is 0.418 e. The summed E-state index contributed by atoms with van der Waals surface area (Å²) >= 11 is 0. The van der Waals surface area contributed by atoms with Gasteiger partial charge in [0.1, 0.15) is 11.5 Å². The predicted octanol–water partition coefficient (Wildman–Crippen LogP) is 2.30. The van der Waals surface area contributed by atoms with Gasteiger partial charge in [-0.25, -0.2) is 0 Å². The molecule has 0 radical (unpaired) electrons. The van der Waals surface area contributed by atoms with Crippen molar-refractivity contribution in [1.82, 2.24) is 0 Å². The van der Waals surface area contributed by atoms with E-state index in [0.29, 0.717) is 0 Å². The van der Waals surface area contributed by atoms with Crippen molar-refractivity contribution in [1.29, 1.82) is 0 Å². The zero-order valence-corrected chi connectivity index (χ0v) is 8.71. The summed E-state index contributed by atoms with van der Waals surface area (Å²) in [5, 5.41) is 9.20. The summed E-state index contributed by atoms with van der Waals surface area (Å²) in [6.07, 6.45) is -7.39. The van der Waals surface area contributed by atoms with Crippen LogP contribution in [0.25, 0.3) is 0 Å². The highest BCUT2D eigenvalue weighted by Gasteiger charge is 2.42. The van der Waals surface area contributed by atoms with Gasteiger partial charge < -0.3 is 14.6 Å². The molecule has 0 aliphatic carbocycles. The van der Waals surface area contributed by atoms with Crippen LogP contribution < -0.4 is 9.47 Å². The Bertz CT molecular complexity index is 341. The molecule has 6 heteroatoms. The van der Waals surface area contributed by atoms with Crippen molar-refractivity contribution in [2.45, 2.75) is 12.3 Å². The van der Waals surface area contributed by atoms with E-state index in [4.69, 9.17) is 9.47 Å². The number of alkyl halides is 3. The Labute approximate surface area is 90.4 Å². The second-order valence-electron chi connectivity index (χ2n) is 3.02. The number of halogens is 3. The van der Waals surface area contributed by atoms with E-state index in [1.165, 1.54) is 32.4 Å². The highest BCUT2D eigenvalue weighted by molar-refractivity contribution is 5.46. The summed E-state index contributed by atoms with van der Waals surface area (Å²) in [7, 11) is 2.45. The molecule has 3 nitrogen and oxygen atoms in total. The molecule has 0 aromatic heterocycles. The standard InChI is InChI=1S/C10H11F3O3/c1-15-6-4-3-5-7(16-2)8(6)9(14)10(11,12)13/h3-5,9,14H,1-2H3/t9-/m1/s1. The van der Waals surface area contributed by atoms with Crippen LogP contribution in [0.5, 0.6) is 11.5 Å². The first kappa shape index (κ1) is 12.6. The van der Waals surface area contributed by atoms with E-state index >= 15 is 0 Å². The number of aliphatic hydroxyl groups excluding tert-OH is 1. The molecule has 0 aliphatic rings. The summed E-state index contributed by atoms with van der Waals surface area (Å²) in [6.45, 7) is 0. The molecule has 1 aromatic rings. The van der Waals surface area contributed by atoms with Crippen LogP contribution in [0.15, 0.2) is 18.2 Å². The fourth-order valence-electron chi connectivity index (χ4n) is 1.31. The van der Waals surface area contributed by atoms with Crippen LogP contribution in [0, 0.1) is 0 Å². The number of rotatable bonds is 3. The van der Waals surface area contributed by atoms with Crippen molar-refractivity contribution in [3.63, 3.8) is 0 Å². The molecule has 0 fully saturated rings. The van der Waals surface area contributed by atoms with E-state index in [2.05, 4.69) is 0 Å². The highest BCUT2D eigenvalue weighted by Crippen LogP contribution is 2.41. The van der Waals surface area contributed by atoms with Crippen molar-refractivity contribution in [3.05, 3.63) is 23.8 Å². The van der Waals surface area contributed by atoms with Crippen molar-refractivity contribution in [3.8, 4) is 11.5 Å². The van der Waals surface area contributed by atoms with Gasteiger partial charge in [-0.2, -0.15) is 13.2 Å². The summed E-state index contributed by atoms with van der Waals surface area (Å²) in [5.74, 6) is -0.131. The maximum Gasteiger partial charge on any atom is 0.418 e. The number of aliphatic hydroxyl groups is 1. The molecule has 1 N–H and O–H groups in total. The third kappa shape index (κ3) is 2.38. The Hall–Kier alpha value is -1.43. The lowest BCUT2D eigenvalue weighted by Gasteiger charge is -2.19. The molecule has 0 saturated carbocycles. The minimum absolute atomic E-state index is 0.0656. The lowest BCUT2D eigenvalue weighted by molar-refractivity contribution is -0.207. The van der Waals surface area contributed by atoms with E-state index in [1.807, 2.05) is 0 Å². The minimum Gasteiger partial charge on any atom is -0.496 e. The molecule has 0 unspecified atom stereocenters. The molecule has 1 aromatic carbocycles. The number of hydrogen-bond acceptors (Lipinski definition) is 3. The average molecular weight is 236 g/mol. The Morgan fingerprint density at radius 2 is 1.56 bits per heavy atom. The zero-order chi connectivity index (χ0) is 12.3. The molecule has 0 bridgehead atoms. The maximum atomic E-state index is 12.4. The fraction of sp³-hybridized carbons (Fsp3) is 0.400. The van der Waals surface area contributed by atoms with E-state index in [0.717, 1.165) is 0 Å². The highest BCUT2D eigenvalue weighted by atomic mass is 19.4. The largest absolute Gasteiger partial charge is 0.496 e. The molecule has 0 heterocycles. The van der Waals surface area contributed by atoms with Crippen LogP contribution in [0.2, 0.25) is 0 Å². The summed E-state index contributed by atoms with van der Waals surface area (Å²) in [6, 6.07) is 4.13. The van der Waals surface area contributed by atoms with Gasteiger partial charge in [0.2, 0.25) is 0 Å². The molecular formula is C10H11F3O3. The number of benzene rings is 1. The third-order valence-corrected chi connectivity index (χ3v) is 2.05. The van der Waals surface area contributed by atoms with Crippen LogP contribution in [-0.2, 0) is 0 Å². The molecule has 0 spiro atoms. The number of methoxy groups -OCH3 is 2. The molecule has 0 saturated heterocycles. The predicted molar refractivity (Wildman–Crippen MR) is 50.6 cm³/mol. The maximum absolute atomic E-state index is 12.4. The minimum atomic E-state index is -4.76. The van der Waals surface area contributed by atoms with Crippen LogP contribution in [0.1, 0.15) is 11.7 Å².